The van der Waals surface area contributed by atoms with E-state index in [0.29, 0.717) is 0 Å². The molecule has 1 aromatic carbocycles. The highest BCUT2D eigenvalue weighted by atomic mass is 16.6. The number of aliphatic hydroxyl groups is 2. The van der Waals surface area contributed by atoms with E-state index in [1.807, 2.05) is 0 Å². The van der Waals surface area contributed by atoms with Crippen LogP contribution in [0.15, 0.2) is 12.1 Å². The first kappa shape index (κ1) is 15.4. The molecular formula is C11H10N2O7. The number of nitrogens with zero attached hydrogens (tertiary/aromatic N) is 2. The van der Waals surface area contributed by atoms with Gasteiger partial charge in [-0.3, -0.25) is 10.1 Å². The average molecular weight is 282 g/mol. The molecule has 0 spiro atoms. The van der Waals surface area contributed by atoms with E-state index >= 15 is 0 Å². The maximum absolute atomic E-state index is 11.1. The molecule has 1 aromatic rings. The summed E-state index contributed by atoms with van der Waals surface area (Å²) in [6.45, 7) is 0. The third kappa shape index (κ3) is 2.82. The van der Waals surface area contributed by atoms with Gasteiger partial charge in [0.15, 0.2) is 11.9 Å². The Morgan fingerprint density at radius 1 is 1.50 bits per heavy atom. The second-order valence-corrected chi connectivity index (χ2v) is 3.71. The molecule has 0 bridgehead atoms. The highest BCUT2D eigenvalue weighted by Gasteiger charge is 2.32. The third-order valence-electron chi connectivity index (χ3n) is 2.51. The van der Waals surface area contributed by atoms with Crippen LogP contribution in [0, 0.1) is 21.4 Å². The van der Waals surface area contributed by atoms with Gasteiger partial charge < -0.3 is 20.1 Å². The number of rotatable bonds is 4. The van der Waals surface area contributed by atoms with Crippen LogP contribution in [0.1, 0.15) is 17.2 Å². The summed E-state index contributed by atoms with van der Waals surface area (Å²) >= 11 is 0. The van der Waals surface area contributed by atoms with Crippen molar-refractivity contribution in [2.45, 2.75) is 12.2 Å². The van der Waals surface area contributed by atoms with Crippen molar-refractivity contribution in [3.8, 4) is 11.8 Å². The van der Waals surface area contributed by atoms with Crippen molar-refractivity contribution >= 4 is 11.7 Å². The molecule has 9 nitrogen and oxygen atoms in total. The lowest BCUT2D eigenvalue weighted by Gasteiger charge is -2.17. The van der Waals surface area contributed by atoms with Gasteiger partial charge in [0.1, 0.15) is 6.10 Å². The van der Waals surface area contributed by atoms with Crippen LogP contribution in [-0.4, -0.2) is 39.4 Å². The Labute approximate surface area is 112 Å². The zero-order valence-corrected chi connectivity index (χ0v) is 10.2. The van der Waals surface area contributed by atoms with Gasteiger partial charge in [0.05, 0.1) is 23.7 Å². The molecule has 2 atom stereocenters. The molecule has 0 saturated heterocycles. The molecule has 0 fully saturated rings. The smallest absolute Gasteiger partial charge is 0.337 e. The molecule has 20 heavy (non-hydrogen) atoms. The van der Waals surface area contributed by atoms with E-state index in [9.17, 15) is 30.2 Å². The summed E-state index contributed by atoms with van der Waals surface area (Å²) in [5.74, 6) is -2.13. The quantitative estimate of drug-likeness (QED) is 0.387. The van der Waals surface area contributed by atoms with E-state index in [2.05, 4.69) is 4.74 Å². The number of carbonyl (C=O) groups is 1. The van der Waals surface area contributed by atoms with Gasteiger partial charge in [-0.1, -0.05) is 0 Å². The number of methoxy groups -OCH3 is 1. The molecular weight excluding hydrogens is 272 g/mol. The van der Waals surface area contributed by atoms with Gasteiger partial charge in [-0.15, -0.1) is 0 Å². The molecule has 0 aliphatic carbocycles. The second kappa shape index (κ2) is 5.96. The van der Waals surface area contributed by atoms with Crippen LogP contribution in [0.4, 0.5) is 5.69 Å². The van der Waals surface area contributed by atoms with Crippen molar-refractivity contribution in [2.24, 2.45) is 0 Å². The second-order valence-electron chi connectivity index (χ2n) is 3.71. The van der Waals surface area contributed by atoms with Gasteiger partial charge in [0.25, 0.3) is 0 Å². The number of nitro benzene ring substituents is 1. The van der Waals surface area contributed by atoms with Crippen molar-refractivity contribution in [3.05, 3.63) is 33.4 Å². The topological polar surface area (TPSA) is 154 Å². The van der Waals surface area contributed by atoms with Crippen LogP contribution in [-0.2, 0) is 9.53 Å². The summed E-state index contributed by atoms with van der Waals surface area (Å²) in [7, 11) is 0.965. The summed E-state index contributed by atoms with van der Waals surface area (Å²) < 4.78 is 4.20. The van der Waals surface area contributed by atoms with Crippen LogP contribution >= 0.6 is 0 Å². The van der Waals surface area contributed by atoms with E-state index in [1.54, 1.807) is 6.07 Å². The van der Waals surface area contributed by atoms with E-state index in [-0.39, 0.29) is 5.56 Å². The molecule has 0 heterocycles. The molecule has 0 aromatic heterocycles. The lowest BCUT2D eigenvalue weighted by Crippen LogP contribution is -2.29. The fourth-order valence-corrected chi connectivity index (χ4v) is 1.49. The molecule has 2 unspecified atom stereocenters. The summed E-state index contributed by atoms with van der Waals surface area (Å²) in [5.41, 5.74) is -1.57. The van der Waals surface area contributed by atoms with Crippen LogP contribution in [0.3, 0.4) is 0 Å². The van der Waals surface area contributed by atoms with Crippen LogP contribution in [0.2, 0.25) is 0 Å². The van der Waals surface area contributed by atoms with Crippen LogP contribution in [0.25, 0.3) is 0 Å². The maximum Gasteiger partial charge on any atom is 0.337 e. The summed E-state index contributed by atoms with van der Waals surface area (Å²) in [6, 6.07) is 3.33. The Kier molecular flexibility index (Phi) is 4.58. The Bertz CT molecular complexity index is 593. The fraction of sp³-hybridized carbons (Fsp3) is 0.273. The van der Waals surface area contributed by atoms with Gasteiger partial charge in [0, 0.05) is 11.6 Å². The first-order chi connectivity index (χ1) is 9.33. The number of ether oxygens (including phenoxy) is 1. The SMILES string of the molecule is COC(=O)C(O)C(O)c1cc(C#N)cc([N+](=O)[O-])c1O. The number of esters is 1. The lowest BCUT2D eigenvalue weighted by molar-refractivity contribution is -0.386. The number of benzene rings is 1. The first-order valence-electron chi connectivity index (χ1n) is 5.18. The van der Waals surface area contributed by atoms with Gasteiger partial charge >= 0.3 is 11.7 Å². The molecule has 0 radical (unpaired) electrons. The Morgan fingerprint density at radius 3 is 2.55 bits per heavy atom. The third-order valence-corrected chi connectivity index (χ3v) is 2.51. The standard InChI is InChI=1S/C11H10N2O7/c1-20-11(17)10(16)9(15)6-2-5(4-12)3-7(8(6)14)13(18)19/h2-3,9-10,14-16H,1H3. The fourth-order valence-electron chi connectivity index (χ4n) is 1.49. The van der Waals surface area contributed by atoms with Crippen molar-refractivity contribution < 1.29 is 29.8 Å². The average Bonchev–Trinajstić information content (AvgIpc) is 2.44. The Morgan fingerprint density at radius 2 is 2.10 bits per heavy atom. The number of hydrogen-bond acceptors (Lipinski definition) is 8. The zero-order valence-electron chi connectivity index (χ0n) is 10.2. The molecule has 3 N–H and O–H groups in total. The van der Waals surface area contributed by atoms with Crippen LogP contribution < -0.4 is 0 Å². The van der Waals surface area contributed by atoms with Crippen molar-refractivity contribution in [1.82, 2.24) is 0 Å². The van der Waals surface area contributed by atoms with Crippen molar-refractivity contribution in [1.29, 1.82) is 5.26 Å². The highest BCUT2D eigenvalue weighted by Crippen LogP contribution is 2.36. The monoisotopic (exact) mass is 282 g/mol. The lowest BCUT2D eigenvalue weighted by atomic mass is 10.00. The number of nitro groups is 1. The minimum atomic E-state index is -2.06. The molecule has 106 valence electrons. The molecule has 0 aliphatic heterocycles. The predicted molar refractivity (Wildman–Crippen MR) is 62.5 cm³/mol. The molecule has 0 saturated carbocycles. The predicted octanol–water partition coefficient (Wildman–Crippen LogP) is -0.261. The van der Waals surface area contributed by atoms with Crippen molar-refractivity contribution in [2.75, 3.05) is 7.11 Å². The Balaban J connectivity index is 3.37. The van der Waals surface area contributed by atoms with Crippen LogP contribution in [0.5, 0.6) is 5.75 Å². The number of carbonyl (C=O) groups excluding carboxylic acids is 1. The van der Waals surface area contributed by atoms with E-state index in [0.717, 1.165) is 19.2 Å². The number of hydrogen-bond donors (Lipinski definition) is 3. The number of phenolic OH excluding ortho intramolecular Hbond substituents is 1. The normalized spacial score (nSPS) is 13.1. The first-order valence-corrected chi connectivity index (χ1v) is 5.18. The zero-order chi connectivity index (χ0) is 15.4. The summed E-state index contributed by atoms with van der Waals surface area (Å²) in [6.07, 6.45) is -4.03. The summed E-state index contributed by atoms with van der Waals surface area (Å²) in [5, 5.41) is 48.4. The van der Waals surface area contributed by atoms with Crippen molar-refractivity contribution in [3.63, 3.8) is 0 Å². The van der Waals surface area contributed by atoms with E-state index < -0.39 is 40.1 Å². The number of phenols is 1. The molecule has 1 rings (SSSR count). The van der Waals surface area contributed by atoms with E-state index in [4.69, 9.17) is 5.26 Å². The highest BCUT2D eigenvalue weighted by molar-refractivity contribution is 5.75. The maximum atomic E-state index is 11.1. The molecule has 9 heteroatoms. The summed E-state index contributed by atoms with van der Waals surface area (Å²) in [4.78, 5) is 20.9. The Hall–Kier alpha value is -2.70. The number of aliphatic hydroxyl groups excluding tert-OH is 2. The minimum Gasteiger partial charge on any atom is -0.502 e. The van der Waals surface area contributed by atoms with Gasteiger partial charge in [-0.05, 0) is 6.07 Å². The minimum absolute atomic E-state index is 0.222. The number of nitriles is 1. The molecule has 0 aliphatic rings. The van der Waals surface area contributed by atoms with E-state index in [1.165, 1.54) is 0 Å². The van der Waals surface area contributed by atoms with Gasteiger partial charge in [0.2, 0.25) is 0 Å². The largest absolute Gasteiger partial charge is 0.502 e. The van der Waals surface area contributed by atoms with Gasteiger partial charge in [-0.2, -0.15) is 5.26 Å². The number of aromatic hydroxyl groups is 1. The molecule has 0 amide bonds. The van der Waals surface area contributed by atoms with Gasteiger partial charge in [-0.25, -0.2) is 4.79 Å².